The van der Waals surface area contributed by atoms with Crippen LogP contribution in [0.4, 0.5) is 0 Å². The summed E-state index contributed by atoms with van der Waals surface area (Å²) in [5, 5.41) is 18.3. The van der Waals surface area contributed by atoms with Gasteiger partial charge in [0.15, 0.2) is 0 Å². The molecule has 0 amide bonds. The van der Waals surface area contributed by atoms with E-state index in [4.69, 9.17) is 5.11 Å². The highest BCUT2D eigenvalue weighted by Crippen LogP contribution is 2.31. The van der Waals surface area contributed by atoms with Crippen LogP contribution in [-0.2, 0) is 5.54 Å². The molecule has 1 unspecified atom stereocenters. The number of nitrogens with zero attached hydrogens (tertiary/aromatic N) is 2. The number of hydrogen-bond acceptors (Lipinski definition) is 3. The van der Waals surface area contributed by atoms with Crippen LogP contribution < -0.4 is 0 Å². The minimum atomic E-state index is -0.951. The molecule has 0 radical (unpaired) electrons. The molecule has 0 fully saturated rings. The summed E-state index contributed by atoms with van der Waals surface area (Å²) >= 11 is 0. The maximum atomic E-state index is 11.0. The van der Waals surface area contributed by atoms with Crippen LogP contribution in [0.15, 0.2) is 18.2 Å². The van der Waals surface area contributed by atoms with Crippen LogP contribution in [0.2, 0.25) is 0 Å². The minimum absolute atomic E-state index is 0.108. The third-order valence-electron chi connectivity index (χ3n) is 4.02. The number of carboxylic acid groups (broad SMARTS) is 1. The Morgan fingerprint density at radius 3 is 2.70 bits per heavy atom. The van der Waals surface area contributed by atoms with Gasteiger partial charge in [0.05, 0.1) is 16.6 Å². The largest absolute Gasteiger partial charge is 0.478 e. The van der Waals surface area contributed by atoms with Gasteiger partial charge in [-0.15, -0.1) is 0 Å². The van der Waals surface area contributed by atoms with Gasteiger partial charge in [0.25, 0.3) is 0 Å². The van der Waals surface area contributed by atoms with Crippen LogP contribution in [0.3, 0.4) is 0 Å². The van der Waals surface area contributed by atoms with Crippen LogP contribution in [0, 0.1) is 6.92 Å². The summed E-state index contributed by atoms with van der Waals surface area (Å²) < 4.78 is 2.10. The summed E-state index contributed by atoms with van der Waals surface area (Å²) in [5.41, 5.74) is 1.60. The van der Waals surface area contributed by atoms with E-state index < -0.39 is 5.97 Å². The number of imidazole rings is 1. The fourth-order valence-electron chi connectivity index (χ4n) is 2.70. The van der Waals surface area contributed by atoms with E-state index in [1.165, 1.54) is 0 Å². The molecule has 0 bridgehead atoms. The number of benzene rings is 1. The highest BCUT2D eigenvalue weighted by Gasteiger charge is 2.27. The van der Waals surface area contributed by atoms with E-state index in [-0.39, 0.29) is 17.7 Å². The average Bonchev–Trinajstić information content (AvgIpc) is 2.74. The van der Waals surface area contributed by atoms with Crippen molar-refractivity contribution in [3.8, 4) is 0 Å². The van der Waals surface area contributed by atoms with Crippen molar-refractivity contribution in [2.75, 3.05) is 6.61 Å². The van der Waals surface area contributed by atoms with E-state index in [0.717, 1.165) is 17.8 Å². The van der Waals surface area contributed by atoms with Gasteiger partial charge in [0, 0.05) is 12.1 Å². The number of hydrogen-bond donors (Lipinski definition) is 2. The van der Waals surface area contributed by atoms with Gasteiger partial charge in [-0.2, -0.15) is 0 Å². The Kier molecular flexibility index (Phi) is 3.81. The predicted octanol–water partition coefficient (Wildman–Crippen LogP) is 2.55. The second kappa shape index (κ2) is 5.25. The molecule has 2 rings (SSSR count). The Hall–Kier alpha value is -1.88. The van der Waals surface area contributed by atoms with E-state index in [9.17, 15) is 9.90 Å². The highest BCUT2D eigenvalue weighted by molar-refractivity contribution is 5.92. The third kappa shape index (κ3) is 2.29. The molecule has 1 aromatic carbocycles. The number of aryl methyl sites for hydroxylation is 1. The number of aliphatic hydroxyl groups is 1. The van der Waals surface area contributed by atoms with Crippen molar-refractivity contribution >= 4 is 17.0 Å². The second-order valence-electron chi connectivity index (χ2n) is 5.33. The standard InChI is InChI=1S/C15H20N2O3/c1-4-15(3,7-8-18)17-10(2)16-12-9-11(14(19)20)5-6-13(12)17/h5-6,9,18H,4,7-8H2,1-3H3,(H,19,20). The number of fused-ring (bicyclic) bond motifs is 1. The Labute approximate surface area is 117 Å². The summed E-state index contributed by atoms with van der Waals surface area (Å²) in [6.07, 6.45) is 1.50. The number of carboxylic acids is 1. The van der Waals surface area contributed by atoms with Crippen molar-refractivity contribution in [1.82, 2.24) is 9.55 Å². The van der Waals surface area contributed by atoms with Gasteiger partial charge in [-0.3, -0.25) is 0 Å². The van der Waals surface area contributed by atoms with Gasteiger partial charge in [-0.1, -0.05) is 6.92 Å². The zero-order chi connectivity index (χ0) is 14.9. The molecule has 0 aliphatic heterocycles. The first-order chi connectivity index (χ1) is 9.42. The van der Waals surface area contributed by atoms with E-state index in [0.29, 0.717) is 11.9 Å². The van der Waals surface area contributed by atoms with Crippen LogP contribution in [0.5, 0.6) is 0 Å². The molecule has 1 aromatic heterocycles. The molecule has 1 atom stereocenters. The molecule has 1 heterocycles. The molecule has 20 heavy (non-hydrogen) atoms. The summed E-state index contributed by atoms with van der Waals surface area (Å²) in [6.45, 7) is 6.18. The molecule has 2 N–H and O–H groups in total. The lowest BCUT2D eigenvalue weighted by molar-refractivity contribution is 0.0697. The number of aliphatic hydroxyl groups excluding tert-OH is 1. The Morgan fingerprint density at radius 1 is 1.45 bits per heavy atom. The lowest BCUT2D eigenvalue weighted by atomic mass is 9.94. The number of carbonyl (C=O) groups is 1. The van der Waals surface area contributed by atoms with E-state index in [2.05, 4.69) is 23.4 Å². The van der Waals surface area contributed by atoms with E-state index in [1.807, 2.05) is 6.92 Å². The predicted molar refractivity (Wildman–Crippen MR) is 77.1 cm³/mol. The smallest absolute Gasteiger partial charge is 0.335 e. The quantitative estimate of drug-likeness (QED) is 0.880. The topological polar surface area (TPSA) is 75.3 Å². The maximum absolute atomic E-state index is 11.0. The fraction of sp³-hybridized carbons (Fsp3) is 0.467. The molecule has 0 saturated carbocycles. The van der Waals surface area contributed by atoms with Crippen molar-refractivity contribution in [3.05, 3.63) is 29.6 Å². The van der Waals surface area contributed by atoms with Gasteiger partial charge in [0.1, 0.15) is 5.82 Å². The Bertz CT molecular complexity index is 648. The molecule has 0 aliphatic rings. The van der Waals surface area contributed by atoms with Crippen molar-refractivity contribution in [3.63, 3.8) is 0 Å². The van der Waals surface area contributed by atoms with Crippen LogP contribution in [-0.4, -0.2) is 32.3 Å². The number of aromatic nitrogens is 2. The molecule has 0 saturated heterocycles. The van der Waals surface area contributed by atoms with Crippen LogP contribution in [0.1, 0.15) is 42.9 Å². The lowest BCUT2D eigenvalue weighted by Crippen LogP contribution is -2.31. The lowest BCUT2D eigenvalue weighted by Gasteiger charge is -2.31. The zero-order valence-corrected chi connectivity index (χ0v) is 12.1. The maximum Gasteiger partial charge on any atom is 0.335 e. The number of aromatic carboxylic acids is 1. The summed E-state index contributed by atoms with van der Waals surface area (Å²) in [5.74, 6) is -0.118. The van der Waals surface area contributed by atoms with Gasteiger partial charge < -0.3 is 14.8 Å². The molecule has 5 nitrogen and oxygen atoms in total. The van der Waals surface area contributed by atoms with Crippen LogP contribution >= 0.6 is 0 Å². The first-order valence-corrected chi connectivity index (χ1v) is 6.76. The first kappa shape index (κ1) is 14.5. The normalized spacial score (nSPS) is 14.4. The van der Waals surface area contributed by atoms with Gasteiger partial charge in [-0.05, 0) is 44.9 Å². The SMILES string of the molecule is CCC(C)(CCO)n1c(C)nc2cc(C(=O)O)ccc21. The number of rotatable bonds is 5. The molecule has 0 spiro atoms. The Balaban J connectivity index is 2.65. The third-order valence-corrected chi connectivity index (χ3v) is 4.02. The van der Waals surface area contributed by atoms with Crippen molar-refractivity contribution in [1.29, 1.82) is 0 Å². The highest BCUT2D eigenvalue weighted by atomic mass is 16.4. The van der Waals surface area contributed by atoms with Crippen LogP contribution in [0.25, 0.3) is 11.0 Å². The molecular formula is C15H20N2O3. The van der Waals surface area contributed by atoms with Crippen molar-refractivity contribution in [2.45, 2.75) is 39.2 Å². The molecular weight excluding hydrogens is 256 g/mol. The van der Waals surface area contributed by atoms with Crippen molar-refractivity contribution < 1.29 is 15.0 Å². The summed E-state index contributed by atoms with van der Waals surface area (Å²) in [4.78, 5) is 15.5. The molecule has 108 valence electrons. The molecule has 2 aromatic rings. The van der Waals surface area contributed by atoms with Gasteiger partial charge in [0.2, 0.25) is 0 Å². The Morgan fingerprint density at radius 2 is 2.15 bits per heavy atom. The monoisotopic (exact) mass is 276 g/mol. The average molecular weight is 276 g/mol. The fourth-order valence-corrected chi connectivity index (χ4v) is 2.70. The van der Waals surface area contributed by atoms with Gasteiger partial charge in [-0.25, -0.2) is 9.78 Å². The van der Waals surface area contributed by atoms with Gasteiger partial charge >= 0.3 is 5.97 Å². The summed E-state index contributed by atoms with van der Waals surface area (Å²) in [7, 11) is 0. The van der Waals surface area contributed by atoms with Crippen molar-refractivity contribution in [2.24, 2.45) is 0 Å². The minimum Gasteiger partial charge on any atom is -0.478 e. The molecule has 5 heteroatoms. The zero-order valence-electron chi connectivity index (χ0n) is 12.1. The first-order valence-electron chi connectivity index (χ1n) is 6.76. The molecule has 0 aliphatic carbocycles. The van der Waals surface area contributed by atoms with E-state index in [1.54, 1.807) is 18.2 Å². The second-order valence-corrected chi connectivity index (χ2v) is 5.33. The summed E-state index contributed by atoms with van der Waals surface area (Å²) in [6, 6.07) is 4.98. The van der Waals surface area contributed by atoms with E-state index >= 15 is 0 Å².